The van der Waals surface area contributed by atoms with Crippen LogP contribution < -0.4 is 5.73 Å². The fraction of sp³-hybridized carbons (Fsp3) is 0.111. The number of fused-ring (bicyclic) bond motifs is 1. The molecule has 3 rings (SSSR count). The van der Waals surface area contributed by atoms with E-state index in [2.05, 4.69) is 0 Å². The third-order valence-electron chi connectivity index (χ3n) is 3.82. The van der Waals surface area contributed by atoms with E-state index in [9.17, 15) is 4.39 Å². The minimum absolute atomic E-state index is 0.274. The summed E-state index contributed by atoms with van der Waals surface area (Å²) in [6.45, 7) is 1.94. The van der Waals surface area contributed by atoms with Crippen LogP contribution in [-0.4, -0.2) is 0 Å². The number of hydrogen-bond donors (Lipinski definition) is 1. The number of hydrogen-bond acceptors (Lipinski definition) is 1. The van der Waals surface area contributed by atoms with Crippen molar-refractivity contribution in [3.8, 4) is 0 Å². The highest BCUT2D eigenvalue weighted by Crippen LogP contribution is 2.32. The second-order valence-corrected chi connectivity index (χ2v) is 5.57. The Morgan fingerprint density at radius 1 is 0.952 bits per heavy atom. The topological polar surface area (TPSA) is 26.0 Å². The molecule has 1 nitrogen and oxygen atoms in total. The fourth-order valence-corrected chi connectivity index (χ4v) is 2.90. The third kappa shape index (κ3) is 2.53. The Balaban J connectivity index is 2.20. The molecular weight excluding hydrogens is 285 g/mol. The highest BCUT2D eigenvalue weighted by atomic mass is 35.5. The van der Waals surface area contributed by atoms with E-state index in [0.717, 1.165) is 27.5 Å². The molecule has 1 unspecified atom stereocenters. The lowest BCUT2D eigenvalue weighted by molar-refractivity contribution is 0.623. The summed E-state index contributed by atoms with van der Waals surface area (Å²) in [5.41, 5.74) is 9.11. The Morgan fingerprint density at radius 2 is 1.67 bits per heavy atom. The van der Waals surface area contributed by atoms with E-state index < -0.39 is 0 Å². The number of halogens is 2. The normalized spacial score (nSPS) is 12.6. The number of aryl methyl sites for hydroxylation is 1. The molecule has 106 valence electrons. The lowest BCUT2D eigenvalue weighted by Crippen LogP contribution is -2.14. The minimum Gasteiger partial charge on any atom is -0.320 e. The van der Waals surface area contributed by atoms with Crippen molar-refractivity contribution in [3.63, 3.8) is 0 Å². The van der Waals surface area contributed by atoms with Crippen molar-refractivity contribution in [2.75, 3.05) is 0 Å². The van der Waals surface area contributed by atoms with E-state index in [-0.39, 0.29) is 11.9 Å². The summed E-state index contributed by atoms with van der Waals surface area (Å²) in [4.78, 5) is 0. The van der Waals surface area contributed by atoms with E-state index in [1.165, 1.54) is 12.1 Å². The third-order valence-corrected chi connectivity index (χ3v) is 4.15. The van der Waals surface area contributed by atoms with Crippen molar-refractivity contribution < 1.29 is 4.39 Å². The molecule has 0 radical (unpaired) electrons. The Kier molecular flexibility index (Phi) is 3.66. The molecule has 0 aliphatic rings. The van der Waals surface area contributed by atoms with Crippen LogP contribution in [0.15, 0.2) is 54.6 Å². The van der Waals surface area contributed by atoms with Gasteiger partial charge in [0.05, 0.1) is 6.04 Å². The first-order valence-corrected chi connectivity index (χ1v) is 7.14. The second kappa shape index (κ2) is 5.47. The van der Waals surface area contributed by atoms with Crippen molar-refractivity contribution in [2.24, 2.45) is 5.73 Å². The van der Waals surface area contributed by atoms with Gasteiger partial charge in [-0.1, -0.05) is 48.0 Å². The molecule has 3 heteroatoms. The second-order valence-electron chi connectivity index (χ2n) is 5.16. The maximum atomic E-state index is 13.5. The zero-order chi connectivity index (χ0) is 15.0. The molecule has 0 heterocycles. The number of rotatable bonds is 2. The van der Waals surface area contributed by atoms with Gasteiger partial charge in [0, 0.05) is 10.4 Å². The van der Waals surface area contributed by atoms with Gasteiger partial charge >= 0.3 is 0 Å². The first kappa shape index (κ1) is 14.1. The lowest BCUT2D eigenvalue weighted by Gasteiger charge is -2.18. The van der Waals surface area contributed by atoms with Crippen molar-refractivity contribution in [3.05, 3.63) is 82.1 Å². The van der Waals surface area contributed by atoms with Crippen LogP contribution in [0.25, 0.3) is 10.8 Å². The fourth-order valence-electron chi connectivity index (χ4n) is 2.67. The molecule has 0 amide bonds. The molecule has 3 aromatic rings. The van der Waals surface area contributed by atoms with E-state index in [1.54, 1.807) is 6.07 Å². The van der Waals surface area contributed by atoms with Crippen LogP contribution in [-0.2, 0) is 0 Å². The molecule has 2 N–H and O–H groups in total. The summed E-state index contributed by atoms with van der Waals surface area (Å²) < 4.78 is 13.5. The SMILES string of the molecule is Cc1ccc(F)cc1C(N)c1ccc(Cl)c2ccccc12. The van der Waals surface area contributed by atoms with Crippen LogP contribution in [0.3, 0.4) is 0 Å². The summed E-state index contributed by atoms with van der Waals surface area (Å²) in [6.07, 6.45) is 0. The largest absolute Gasteiger partial charge is 0.320 e. The van der Waals surface area contributed by atoms with Crippen LogP contribution in [0.2, 0.25) is 5.02 Å². The van der Waals surface area contributed by atoms with Gasteiger partial charge in [0.1, 0.15) is 5.82 Å². The van der Waals surface area contributed by atoms with E-state index in [0.29, 0.717) is 5.02 Å². The van der Waals surface area contributed by atoms with Crippen molar-refractivity contribution in [1.29, 1.82) is 0 Å². The first-order chi connectivity index (χ1) is 10.1. The van der Waals surface area contributed by atoms with E-state index in [1.807, 2.05) is 43.3 Å². The molecule has 0 saturated heterocycles. The molecule has 1 atom stereocenters. The molecule has 21 heavy (non-hydrogen) atoms. The quantitative estimate of drug-likeness (QED) is 0.709. The molecule has 0 aromatic heterocycles. The number of benzene rings is 3. The van der Waals surface area contributed by atoms with Crippen molar-refractivity contribution in [1.82, 2.24) is 0 Å². The average Bonchev–Trinajstić information content (AvgIpc) is 2.50. The van der Waals surface area contributed by atoms with Crippen molar-refractivity contribution in [2.45, 2.75) is 13.0 Å². The van der Waals surface area contributed by atoms with Gasteiger partial charge < -0.3 is 5.73 Å². The predicted molar refractivity (Wildman–Crippen MR) is 86.1 cm³/mol. The predicted octanol–water partition coefficient (Wildman–Crippen LogP) is 4.99. The van der Waals surface area contributed by atoms with Gasteiger partial charge in [-0.25, -0.2) is 4.39 Å². The first-order valence-electron chi connectivity index (χ1n) is 6.76. The molecule has 0 aliphatic carbocycles. The molecular formula is C18H15ClFN. The average molecular weight is 300 g/mol. The maximum absolute atomic E-state index is 13.5. The van der Waals surface area contributed by atoms with Crippen LogP contribution >= 0.6 is 11.6 Å². The smallest absolute Gasteiger partial charge is 0.123 e. The highest BCUT2D eigenvalue weighted by molar-refractivity contribution is 6.35. The van der Waals surface area contributed by atoms with Gasteiger partial charge in [-0.05, 0) is 47.2 Å². The molecule has 0 saturated carbocycles. The Bertz CT molecular complexity index is 813. The van der Waals surface area contributed by atoms with Crippen LogP contribution in [0.4, 0.5) is 4.39 Å². The van der Waals surface area contributed by atoms with Crippen LogP contribution in [0, 0.1) is 12.7 Å². The summed E-state index contributed by atoms with van der Waals surface area (Å²) in [7, 11) is 0. The van der Waals surface area contributed by atoms with Gasteiger partial charge in [0.15, 0.2) is 0 Å². The van der Waals surface area contributed by atoms with Crippen molar-refractivity contribution >= 4 is 22.4 Å². The zero-order valence-electron chi connectivity index (χ0n) is 11.6. The molecule has 0 fully saturated rings. The van der Waals surface area contributed by atoms with Crippen LogP contribution in [0.5, 0.6) is 0 Å². The van der Waals surface area contributed by atoms with E-state index >= 15 is 0 Å². The summed E-state index contributed by atoms with van der Waals surface area (Å²) >= 11 is 6.24. The molecule has 0 aliphatic heterocycles. The highest BCUT2D eigenvalue weighted by Gasteiger charge is 2.16. The zero-order valence-corrected chi connectivity index (χ0v) is 12.4. The monoisotopic (exact) mass is 299 g/mol. The Labute approximate surface area is 128 Å². The number of nitrogens with two attached hydrogens (primary N) is 1. The lowest BCUT2D eigenvalue weighted by atomic mass is 9.92. The summed E-state index contributed by atoms with van der Waals surface area (Å²) in [5, 5.41) is 2.65. The van der Waals surface area contributed by atoms with Gasteiger partial charge in [-0.2, -0.15) is 0 Å². The minimum atomic E-state index is -0.386. The standard InChI is InChI=1S/C18H15ClFN/c1-11-6-7-12(20)10-16(11)18(21)15-8-9-17(19)14-5-3-2-4-13(14)15/h2-10,18H,21H2,1H3. The van der Waals surface area contributed by atoms with E-state index in [4.69, 9.17) is 17.3 Å². The molecule has 0 spiro atoms. The van der Waals surface area contributed by atoms with Gasteiger partial charge in [-0.15, -0.1) is 0 Å². The molecule has 0 bridgehead atoms. The maximum Gasteiger partial charge on any atom is 0.123 e. The Hall–Kier alpha value is -1.90. The van der Waals surface area contributed by atoms with Gasteiger partial charge in [0.25, 0.3) is 0 Å². The summed E-state index contributed by atoms with van der Waals surface area (Å²) in [5.74, 6) is -0.274. The van der Waals surface area contributed by atoms with Gasteiger partial charge in [-0.3, -0.25) is 0 Å². The van der Waals surface area contributed by atoms with Gasteiger partial charge in [0.2, 0.25) is 0 Å². The van der Waals surface area contributed by atoms with Crippen LogP contribution in [0.1, 0.15) is 22.7 Å². The molecule has 3 aromatic carbocycles. The summed E-state index contributed by atoms with van der Waals surface area (Å²) in [6, 6.07) is 15.9. The Morgan fingerprint density at radius 3 is 2.43 bits per heavy atom.